The Balaban J connectivity index is 2.96. The maximum absolute atomic E-state index is 12.1. The van der Waals surface area contributed by atoms with E-state index in [2.05, 4.69) is 0 Å². The maximum atomic E-state index is 12.1. The van der Waals surface area contributed by atoms with Crippen molar-refractivity contribution >= 4 is 5.78 Å². The second-order valence-electron chi connectivity index (χ2n) is 4.29. The molecule has 106 valence electrons. The van der Waals surface area contributed by atoms with E-state index >= 15 is 0 Å². The Morgan fingerprint density at radius 2 is 1.79 bits per heavy atom. The molecule has 0 aliphatic heterocycles. The van der Waals surface area contributed by atoms with Crippen LogP contribution >= 0.6 is 0 Å². The SMILES string of the molecule is CCCC(N)C(=O)c1ccc(OCC)c(OCC)c1. The van der Waals surface area contributed by atoms with Gasteiger partial charge >= 0.3 is 0 Å². The van der Waals surface area contributed by atoms with Crippen molar-refractivity contribution in [2.45, 2.75) is 39.7 Å². The molecule has 0 saturated heterocycles. The molecule has 0 aliphatic carbocycles. The van der Waals surface area contributed by atoms with Crippen LogP contribution < -0.4 is 15.2 Å². The Kier molecular flexibility index (Phi) is 6.36. The number of carbonyl (C=O) groups excluding carboxylic acids is 1. The number of ether oxygens (including phenoxy) is 2. The first-order valence-electron chi connectivity index (χ1n) is 6.83. The molecule has 1 unspecified atom stereocenters. The number of carbonyl (C=O) groups is 1. The highest BCUT2D eigenvalue weighted by Crippen LogP contribution is 2.29. The van der Waals surface area contributed by atoms with Gasteiger partial charge in [-0.25, -0.2) is 0 Å². The third kappa shape index (κ3) is 4.24. The molecule has 0 spiro atoms. The summed E-state index contributed by atoms with van der Waals surface area (Å²) in [6.07, 6.45) is 1.58. The van der Waals surface area contributed by atoms with Crippen LogP contribution in [0, 0.1) is 0 Å². The summed E-state index contributed by atoms with van der Waals surface area (Å²) in [5.74, 6) is 1.20. The minimum absolute atomic E-state index is 0.0501. The van der Waals surface area contributed by atoms with Gasteiger partial charge in [-0.2, -0.15) is 0 Å². The topological polar surface area (TPSA) is 61.6 Å². The standard InChI is InChI=1S/C15H23NO3/c1-4-7-12(16)15(17)11-8-9-13(18-5-2)14(10-11)19-6-3/h8-10,12H,4-7,16H2,1-3H3. The lowest BCUT2D eigenvalue weighted by Crippen LogP contribution is -2.30. The summed E-state index contributed by atoms with van der Waals surface area (Å²) >= 11 is 0. The Morgan fingerprint density at radius 1 is 1.16 bits per heavy atom. The van der Waals surface area contributed by atoms with Gasteiger partial charge in [0.05, 0.1) is 19.3 Å². The Labute approximate surface area is 114 Å². The van der Waals surface area contributed by atoms with E-state index in [1.807, 2.05) is 20.8 Å². The summed E-state index contributed by atoms with van der Waals surface area (Å²) < 4.78 is 11.0. The number of rotatable bonds is 8. The number of ketones is 1. The van der Waals surface area contributed by atoms with E-state index in [0.29, 0.717) is 36.7 Å². The first-order chi connectivity index (χ1) is 9.13. The van der Waals surface area contributed by atoms with E-state index in [9.17, 15) is 4.79 Å². The first-order valence-corrected chi connectivity index (χ1v) is 6.83. The van der Waals surface area contributed by atoms with Gasteiger partial charge in [-0.05, 0) is 38.5 Å². The van der Waals surface area contributed by atoms with Crippen LogP contribution in [0.4, 0.5) is 0 Å². The summed E-state index contributed by atoms with van der Waals surface area (Å²) in [6.45, 7) is 6.90. The smallest absolute Gasteiger partial charge is 0.179 e. The minimum Gasteiger partial charge on any atom is -0.490 e. The Bertz CT molecular complexity index is 418. The fraction of sp³-hybridized carbons (Fsp3) is 0.533. The number of benzene rings is 1. The zero-order chi connectivity index (χ0) is 14.3. The van der Waals surface area contributed by atoms with Gasteiger partial charge < -0.3 is 15.2 Å². The van der Waals surface area contributed by atoms with Crippen LogP contribution in [0.5, 0.6) is 11.5 Å². The summed E-state index contributed by atoms with van der Waals surface area (Å²) in [5, 5.41) is 0. The van der Waals surface area contributed by atoms with Crippen molar-refractivity contribution in [1.82, 2.24) is 0 Å². The van der Waals surface area contributed by atoms with Crippen molar-refractivity contribution in [3.63, 3.8) is 0 Å². The zero-order valence-corrected chi connectivity index (χ0v) is 11.9. The van der Waals surface area contributed by atoms with E-state index in [-0.39, 0.29) is 5.78 Å². The van der Waals surface area contributed by atoms with Gasteiger partial charge in [0.15, 0.2) is 17.3 Å². The van der Waals surface area contributed by atoms with Crippen molar-refractivity contribution in [2.75, 3.05) is 13.2 Å². The monoisotopic (exact) mass is 265 g/mol. The van der Waals surface area contributed by atoms with Crippen LogP contribution in [0.3, 0.4) is 0 Å². The predicted molar refractivity (Wildman–Crippen MR) is 76.0 cm³/mol. The van der Waals surface area contributed by atoms with Crippen molar-refractivity contribution in [2.24, 2.45) is 5.73 Å². The van der Waals surface area contributed by atoms with Gasteiger partial charge in [0, 0.05) is 5.56 Å². The predicted octanol–water partition coefficient (Wildman–Crippen LogP) is 2.79. The molecule has 0 saturated carbocycles. The van der Waals surface area contributed by atoms with Crippen LogP contribution in [0.25, 0.3) is 0 Å². The second-order valence-corrected chi connectivity index (χ2v) is 4.29. The number of hydrogen-bond acceptors (Lipinski definition) is 4. The van der Waals surface area contributed by atoms with Crippen LogP contribution in [0.1, 0.15) is 44.0 Å². The summed E-state index contributed by atoms with van der Waals surface area (Å²) in [4.78, 5) is 12.1. The van der Waals surface area contributed by atoms with Crippen LogP contribution in [-0.4, -0.2) is 25.0 Å². The fourth-order valence-electron chi connectivity index (χ4n) is 1.86. The van der Waals surface area contributed by atoms with Gasteiger partial charge in [-0.1, -0.05) is 13.3 Å². The zero-order valence-electron chi connectivity index (χ0n) is 11.9. The van der Waals surface area contributed by atoms with Crippen molar-refractivity contribution < 1.29 is 14.3 Å². The van der Waals surface area contributed by atoms with E-state index < -0.39 is 6.04 Å². The summed E-state index contributed by atoms with van der Waals surface area (Å²) in [6, 6.07) is 4.77. The van der Waals surface area contributed by atoms with Crippen molar-refractivity contribution in [3.05, 3.63) is 23.8 Å². The lowest BCUT2D eigenvalue weighted by atomic mass is 10.0. The second kappa shape index (κ2) is 7.79. The lowest BCUT2D eigenvalue weighted by Gasteiger charge is -2.14. The third-order valence-corrected chi connectivity index (χ3v) is 2.76. The molecule has 4 nitrogen and oxygen atoms in total. The fourth-order valence-corrected chi connectivity index (χ4v) is 1.86. The minimum atomic E-state index is -0.447. The molecule has 1 rings (SSSR count). The quantitative estimate of drug-likeness (QED) is 0.734. The van der Waals surface area contributed by atoms with Gasteiger partial charge in [-0.3, -0.25) is 4.79 Å². The van der Waals surface area contributed by atoms with Crippen molar-refractivity contribution in [1.29, 1.82) is 0 Å². The molecule has 4 heteroatoms. The molecule has 0 radical (unpaired) electrons. The average Bonchev–Trinajstić information content (AvgIpc) is 2.40. The third-order valence-electron chi connectivity index (χ3n) is 2.76. The highest BCUT2D eigenvalue weighted by atomic mass is 16.5. The molecule has 0 aromatic heterocycles. The van der Waals surface area contributed by atoms with Gasteiger partial charge in [0.2, 0.25) is 0 Å². The number of Topliss-reactive ketones (excluding diaryl/α,β-unsaturated/α-hetero) is 1. The molecule has 1 atom stereocenters. The largest absolute Gasteiger partial charge is 0.490 e. The normalized spacial score (nSPS) is 12.0. The molecule has 1 aromatic carbocycles. The van der Waals surface area contributed by atoms with Gasteiger partial charge in [0.25, 0.3) is 0 Å². The summed E-state index contributed by atoms with van der Waals surface area (Å²) in [5.41, 5.74) is 6.44. The molecule has 0 bridgehead atoms. The van der Waals surface area contributed by atoms with Gasteiger partial charge in [-0.15, -0.1) is 0 Å². The summed E-state index contributed by atoms with van der Waals surface area (Å²) in [7, 11) is 0. The highest BCUT2D eigenvalue weighted by molar-refractivity contribution is 6.00. The first kappa shape index (κ1) is 15.5. The maximum Gasteiger partial charge on any atom is 0.179 e. The molecule has 0 aliphatic rings. The molecule has 19 heavy (non-hydrogen) atoms. The van der Waals surface area contributed by atoms with Crippen molar-refractivity contribution in [3.8, 4) is 11.5 Å². The Morgan fingerprint density at radius 3 is 2.37 bits per heavy atom. The molecular formula is C15H23NO3. The lowest BCUT2D eigenvalue weighted by molar-refractivity contribution is 0.0956. The van der Waals surface area contributed by atoms with Crippen LogP contribution in [0.2, 0.25) is 0 Å². The van der Waals surface area contributed by atoms with E-state index in [4.69, 9.17) is 15.2 Å². The highest BCUT2D eigenvalue weighted by Gasteiger charge is 2.17. The molecule has 2 N–H and O–H groups in total. The molecule has 0 fully saturated rings. The van der Waals surface area contributed by atoms with E-state index in [1.165, 1.54) is 0 Å². The molecular weight excluding hydrogens is 242 g/mol. The van der Waals surface area contributed by atoms with E-state index in [1.54, 1.807) is 18.2 Å². The van der Waals surface area contributed by atoms with E-state index in [0.717, 1.165) is 6.42 Å². The molecule has 0 heterocycles. The van der Waals surface area contributed by atoms with Crippen LogP contribution in [-0.2, 0) is 0 Å². The number of hydrogen-bond donors (Lipinski definition) is 1. The Hall–Kier alpha value is -1.55. The van der Waals surface area contributed by atoms with Crippen LogP contribution in [0.15, 0.2) is 18.2 Å². The molecule has 0 amide bonds. The molecule has 1 aromatic rings. The number of nitrogens with two attached hydrogens (primary N) is 1. The average molecular weight is 265 g/mol. The van der Waals surface area contributed by atoms with Gasteiger partial charge in [0.1, 0.15) is 0 Å².